The van der Waals surface area contributed by atoms with Gasteiger partial charge in [-0.2, -0.15) is 8.62 Å². The van der Waals surface area contributed by atoms with Crippen LogP contribution in [0.5, 0.6) is 5.75 Å². The van der Waals surface area contributed by atoms with Gasteiger partial charge in [0, 0.05) is 70.6 Å². The molecule has 71 heavy (non-hydrogen) atoms. The van der Waals surface area contributed by atoms with Crippen LogP contribution in [0.25, 0.3) is 44.6 Å². The highest BCUT2D eigenvalue weighted by Gasteiger charge is 2.43. The molecule has 3 aromatic carbocycles. The largest absolute Gasteiger partial charge is 0.508 e. The Balaban J connectivity index is 0.922. The highest BCUT2D eigenvalue weighted by atomic mass is 31.3. The fraction of sp³-hybridized carbons (Fsp3) is 0.167. The summed E-state index contributed by atoms with van der Waals surface area (Å²) in [4.78, 5) is 94.9. The standard InChI is InChI=1S/C42H35N6O20P3/c49-25-6-9-28-34(16-25)65-35-17-26(50)7-10-29(35)38(28)30-15-23(5-8-27(30)42(53)54)41(52)44-12-1-2-22-3-4-24(32(14-22)48(55)56)19-45-31-11-13-43-40-39(31)46-21-47(40)37-18-33(51)36(66-37)20-64-70(60,61)68-71(62,63)67-69(57,58)59/h3-11,13-17,21,33,36-37,49,51H,12,18-20H2,(H,43,45)(H,44,52)(H,53,54)(H,60,61)(H,62,63)(H2,57,58,59)/t33?,36-,37-/m1/s1. The first kappa shape index (κ1) is 50.2. The lowest BCUT2D eigenvalue weighted by Crippen LogP contribution is -2.26. The van der Waals surface area contributed by atoms with Gasteiger partial charge in [-0.25, -0.2) is 28.5 Å². The summed E-state index contributed by atoms with van der Waals surface area (Å²) in [5.74, 6) is 3.60. The highest BCUT2D eigenvalue weighted by Crippen LogP contribution is 2.66. The quantitative estimate of drug-likeness (QED) is 0.0202. The second-order valence-corrected chi connectivity index (χ2v) is 19.7. The Kier molecular flexibility index (Phi) is 14.1. The van der Waals surface area contributed by atoms with E-state index in [0.717, 1.165) is 0 Å². The van der Waals surface area contributed by atoms with Crippen LogP contribution in [0.1, 0.15) is 44.5 Å². The number of amides is 1. The van der Waals surface area contributed by atoms with Gasteiger partial charge in [0.15, 0.2) is 11.1 Å². The minimum Gasteiger partial charge on any atom is -0.508 e. The van der Waals surface area contributed by atoms with E-state index in [4.69, 9.17) is 18.9 Å². The number of hydrogen-bond donors (Lipinski definition) is 9. The molecule has 5 atom stereocenters. The Morgan fingerprint density at radius 1 is 0.944 bits per heavy atom. The topological polar surface area (TPSA) is 392 Å². The number of aromatic hydroxyl groups is 1. The lowest BCUT2D eigenvalue weighted by Gasteiger charge is -2.19. The van der Waals surface area contributed by atoms with Crippen molar-refractivity contribution in [1.29, 1.82) is 0 Å². The second kappa shape index (κ2) is 19.9. The Bertz CT molecular complexity index is 3530. The summed E-state index contributed by atoms with van der Waals surface area (Å²) in [6, 6.07) is 18.0. The number of nitro benzene ring substituents is 1. The number of carbonyl (C=O) groups excluding carboxylic acids is 1. The van der Waals surface area contributed by atoms with Crippen molar-refractivity contribution in [3.63, 3.8) is 0 Å². The zero-order chi connectivity index (χ0) is 51.0. The maximum atomic E-state index is 13.4. The minimum atomic E-state index is -5.77. The van der Waals surface area contributed by atoms with E-state index in [-0.39, 0.29) is 86.7 Å². The number of phenolic OH excluding ortho intramolecular Hbond substituents is 1. The molecule has 8 rings (SSSR count). The van der Waals surface area contributed by atoms with Crippen LogP contribution in [-0.2, 0) is 38.1 Å². The van der Waals surface area contributed by atoms with Gasteiger partial charge in [0.2, 0.25) is 0 Å². The van der Waals surface area contributed by atoms with Gasteiger partial charge in [0.05, 0.1) is 41.8 Å². The first-order valence-corrected chi connectivity index (χ1v) is 24.9. The van der Waals surface area contributed by atoms with Crippen molar-refractivity contribution in [1.82, 2.24) is 19.9 Å². The number of imidazole rings is 1. The molecule has 2 aromatic heterocycles. The van der Waals surface area contributed by atoms with Crippen molar-refractivity contribution in [2.75, 3.05) is 18.5 Å². The number of nitrogens with one attached hydrogen (secondary N) is 2. The fourth-order valence-corrected chi connectivity index (χ4v) is 10.6. The molecular weight excluding hydrogens is 1000 g/mol. The maximum absolute atomic E-state index is 13.4. The summed E-state index contributed by atoms with van der Waals surface area (Å²) in [6.45, 7) is -1.19. The van der Waals surface area contributed by atoms with Crippen molar-refractivity contribution in [3.8, 4) is 40.0 Å². The lowest BCUT2D eigenvalue weighted by molar-refractivity contribution is -0.385. The molecule has 1 aliphatic carbocycles. The molecule has 0 radical (unpaired) electrons. The van der Waals surface area contributed by atoms with Gasteiger partial charge in [0.1, 0.15) is 34.9 Å². The van der Waals surface area contributed by atoms with Gasteiger partial charge in [-0.15, -0.1) is 0 Å². The van der Waals surface area contributed by atoms with Crippen LogP contribution in [0.2, 0.25) is 0 Å². The molecule has 368 valence electrons. The van der Waals surface area contributed by atoms with Gasteiger partial charge in [-0.1, -0.05) is 11.8 Å². The second-order valence-electron chi connectivity index (χ2n) is 15.3. The van der Waals surface area contributed by atoms with Gasteiger partial charge in [-0.3, -0.25) is 28.8 Å². The van der Waals surface area contributed by atoms with E-state index in [1.54, 1.807) is 6.07 Å². The number of carbonyl (C=O) groups is 2. The Morgan fingerprint density at radius 2 is 1.73 bits per heavy atom. The molecule has 26 nitrogen and oxygen atoms in total. The number of anilines is 1. The molecule has 3 unspecified atom stereocenters. The molecule has 29 heteroatoms. The summed E-state index contributed by atoms with van der Waals surface area (Å²) in [6.07, 6.45) is -1.06. The number of aromatic carboxylic acids is 1. The molecule has 5 aromatic rings. The summed E-state index contributed by atoms with van der Waals surface area (Å²) in [7, 11) is -16.9. The summed E-state index contributed by atoms with van der Waals surface area (Å²) in [5, 5.41) is 49.2. The number of phosphoric ester groups is 1. The first-order chi connectivity index (χ1) is 33.5. The van der Waals surface area contributed by atoms with E-state index in [2.05, 4.69) is 45.6 Å². The number of pyridine rings is 1. The van der Waals surface area contributed by atoms with Crippen molar-refractivity contribution in [2.24, 2.45) is 0 Å². The highest BCUT2D eigenvalue weighted by molar-refractivity contribution is 7.66. The van der Waals surface area contributed by atoms with Crippen LogP contribution in [-0.4, -0.2) is 91.6 Å². The van der Waals surface area contributed by atoms with E-state index >= 15 is 0 Å². The SMILES string of the molecule is O=C(NCC#Cc1ccc(CNc2ccnc3c2ncn3[C@H]2CC(O)[C@@H](COP(=O)(O)OP(=O)(O)OP(=O)(O)O)O2)c([N+](=O)[O-])c1)c1ccc(C(=O)O)c(-c2c3ccc(=O)cc-3oc3cc(O)ccc23)c1. The minimum absolute atomic E-state index is 0.0618. The van der Waals surface area contributed by atoms with Crippen LogP contribution >= 0.6 is 23.5 Å². The van der Waals surface area contributed by atoms with Crippen LogP contribution in [0.15, 0.2) is 101 Å². The number of phenols is 1. The number of hydrogen-bond acceptors (Lipinski definition) is 18. The zero-order valence-electron chi connectivity index (χ0n) is 35.8. The molecule has 0 saturated carbocycles. The van der Waals surface area contributed by atoms with Crippen molar-refractivity contribution < 1.29 is 85.4 Å². The first-order valence-electron chi connectivity index (χ1n) is 20.3. The van der Waals surface area contributed by atoms with Crippen LogP contribution in [0.3, 0.4) is 0 Å². The van der Waals surface area contributed by atoms with E-state index in [1.165, 1.54) is 89.9 Å². The average molecular weight is 1040 g/mol. The summed E-state index contributed by atoms with van der Waals surface area (Å²) in [5.41, 5.74) is 1.64. The number of phosphoric acid groups is 3. The molecular formula is C42H35N6O20P3. The number of carboxylic acid groups (broad SMARTS) is 1. The van der Waals surface area contributed by atoms with Crippen molar-refractivity contribution >= 4 is 68.9 Å². The van der Waals surface area contributed by atoms with Gasteiger partial charge in [-0.05, 0) is 66.2 Å². The number of carboxylic acids is 1. The number of benzene rings is 4. The predicted octanol–water partition coefficient (Wildman–Crippen LogP) is 5.01. The van der Waals surface area contributed by atoms with Gasteiger partial charge < -0.3 is 54.7 Å². The maximum Gasteiger partial charge on any atom is 0.490 e. The molecule has 1 fully saturated rings. The van der Waals surface area contributed by atoms with E-state index < -0.39 is 65.3 Å². The molecule has 1 amide bonds. The third-order valence-electron chi connectivity index (χ3n) is 10.6. The Labute approximate surface area is 397 Å². The molecule has 1 saturated heterocycles. The molecule has 0 spiro atoms. The van der Waals surface area contributed by atoms with Crippen LogP contribution < -0.4 is 16.1 Å². The van der Waals surface area contributed by atoms with E-state index in [0.29, 0.717) is 22.2 Å². The molecule has 9 N–H and O–H groups in total. The van der Waals surface area contributed by atoms with Crippen molar-refractivity contribution in [2.45, 2.75) is 31.4 Å². The van der Waals surface area contributed by atoms with Gasteiger partial charge >= 0.3 is 29.4 Å². The predicted molar refractivity (Wildman–Crippen MR) is 245 cm³/mol. The number of rotatable bonds is 16. The Morgan fingerprint density at radius 3 is 2.48 bits per heavy atom. The monoisotopic (exact) mass is 1040 g/mol. The summed E-state index contributed by atoms with van der Waals surface area (Å²) < 4.78 is 59.7. The number of nitro groups is 1. The molecule has 2 aliphatic heterocycles. The van der Waals surface area contributed by atoms with Gasteiger partial charge in [0.25, 0.3) is 11.6 Å². The zero-order valence-corrected chi connectivity index (χ0v) is 38.5. The number of aliphatic hydroxyl groups is 1. The van der Waals surface area contributed by atoms with Crippen LogP contribution in [0, 0.1) is 22.0 Å². The van der Waals surface area contributed by atoms with Crippen molar-refractivity contribution in [3.05, 3.63) is 134 Å². The smallest absolute Gasteiger partial charge is 0.490 e. The molecule has 4 heterocycles. The van der Waals surface area contributed by atoms with E-state index in [9.17, 15) is 63.3 Å². The average Bonchev–Trinajstić information content (AvgIpc) is 3.90. The summed E-state index contributed by atoms with van der Waals surface area (Å²) >= 11 is 0. The molecule has 3 aliphatic rings. The fourth-order valence-electron chi connectivity index (χ4n) is 7.55. The number of aliphatic hydroxyl groups excluding tert-OH is 1. The molecule has 0 bridgehead atoms. The third kappa shape index (κ3) is 11.5. The number of aromatic nitrogens is 3. The number of nitrogens with zero attached hydrogens (tertiary/aromatic N) is 4. The number of ether oxygens (including phenoxy) is 1. The van der Waals surface area contributed by atoms with Crippen LogP contribution in [0.4, 0.5) is 11.4 Å². The lowest BCUT2D eigenvalue weighted by atomic mass is 9.89. The normalized spacial score (nSPS) is 17.6. The van der Waals surface area contributed by atoms with E-state index in [1.807, 2.05) is 0 Å². The number of fused-ring (bicyclic) bond motifs is 3. The Hall–Kier alpha value is -7.20. The third-order valence-corrected chi connectivity index (χ3v) is 14.4.